The molecule has 0 radical (unpaired) electrons. The number of nitrogens with one attached hydrogen (secondary N) is 1. The average Bonchev–Trinajstić information content (AvgIpc) is 2.47. The molecule has 1 aromatic heterocycles. The van der Waals surface area contributed by atoms with Crippen LogP contribution in [0, 0.1) is 0 Å². The van der Waals surface area contributed by atoms with Crippen LogP contribution in [0.15, 0.2) is 18.3 Å². The molecule has 0 aliphatic heterocycles. The lowest BCUT2D eigenvalue weighted by Gasteiger charge is -1.98. The second kappa shape index (κ2) is 12.1. The summed E-state index contributed by atoms with van der Waals surface area (Å²) in [7, 11) is 0. The highest BCUT2D eigenvalue weighted by Crippen LogP contribution is 2.10. The van der Waals surface area contributed by atoms with Crippen molar-refractivity contribution in [2.75, 3.05) is 0 Å². The van der Waals surface area contributed by atoms with Crippen molar-refractivity contribution in [2.45, 2.75) is 45.4 Å². The Balaban J connectivity index is 0.000000382. The predicted molar refractivity (Wildman–Crippen MR) is 81.9 cm³/mol. The molecule has 0 unspecified atom stereocenters. The van der Waals surface area contributed by atoms with E-state index < -0.39 is 5.97 Å². The molecule has 1 amide bonds. The van der Waals surface area contributed by atoms with Gasteiger partial charge in [-0.2, -0.15) is 0 Å². The number of hydrazine groups is 1. The van der Waals surface area contributed by atoms with Crippen LogP contribution < -0.4 is 11.3 Å². The monoisotopic (exact) mass is 315 g/mol. The first-order chi connectivity index (χ1) is 10.0. The zero-order chi connectivity index (χ0) is 16.1. The van der Waals surface area contributed by atoms with Gasteiger partial charge in [0.05, 0.1) is 5.56 Å². The molecule has 0 fully saturated rings. The lowest BCUT2D eigenvalue weighted by molar-refractivity contribution is -0.121. The fourth-order valence-electron chi connectivity index (χ4n) is 1.51. The van der Waals surface area contributed by atoms with Crippen LogP contribution in [0.4, 0.5) is 0 Å². The number of carbonyl (C=O) groups excluding carboxylic acids is 1. The molecule has 0 saturated carbocycles. The van der Waals surface area contributed by atoms with Crippen molar-refractivity contribution < 1.29 is 14.7 Å². The number of carboxylic acids is 1. The summed E-state index contributed by atoms with van der Waals surface area (Å²) in [6, 6.07) is 2.92. The Kier molecular flexibility index (Phi) is 11.2. The summed E-state index contributed by atoms with van der Waals surface area (Å²) in [6.07, 6.45) is 7.85. The molecule has 1 heterocycles. The molecule has 1 aromatic rings. The normalized spacial score (nSPS) is 9.48. The van der Waals surface area contributed by atoms with Gasteiger partial charge in [0.2, 0.25) is 5.91 Å². The van der Waals surface area contributed by atoms with Gasteiger partial charge in [0.25, 0.3) is 0 Å². The third-order valence-corrected chi connectivity index (χ3v) is 2.96. The van der Waals surface area contributed by atoms with E-state index in [1.807, 2.05) is 0 Å². The van der Waals surface area contributed by atoms with E-state index in [1.54, 1.807) is 0 Å². The highest BCUT2D eigenvalue weighted by molar-refractivity contribution is 6.32. The highest BCUT2D eigenvalue weighted by Gasteiger charge is 2.06. The van der Waals surface area contributed by atoms with Crippen LogP contribution in [0.25, 0.3) is 0 Å². The van der Waals surface area contributed by atoms with E-state index >= 15 is 0 Å². The molecule has 1 rings (SSSR count). The number of aromatic carboxylic acids is 1. The van der Waals surface area contributed by atoms with E-state index in [0.717, 1.165) is 12.8 Å². The third-order valence-electron chi connectivity index (χ3n) is 2.66. The molecule has 21 heavy (non-hydrogen) atoms. The van der Waals surface area contributed by atoms with Crippen LogP contribution in [0.1, 0.15) is 55.8 Å². The number of carbonyl (C=O) groups is 2. The summed E-state index contributed by atoms with van der Waals surface area (Å²) in [5, 5.41) is 8.46. The van der Waals surface area contributed by atoms with E-state index in [1.165, 1.54) is 37.6 Å². The molecular weight excluding hydrogens is 294 g/mol. The van der Waals surface area contributed by atoms with Gasteiger partial charge in [-0.15, -0.1) is 0 Å². The van der Waals surface area contributed by atoms with Crippen molar-refractivity contribution in [1.82, 2.24) is 10.4 Å². The first-order valence-electron chi connectivity index (χ1n) is 6.86. The predicted octanol–water partition coefficient (Wildman–Crippen LogP) is 2.77. The van der Waals surface area contributed by atoms with Gasteiger partial charge in [-0.1, -0.05) is 44.2 Å². The van der Waals surface area contributed by atoms with E-state index in [9.17, 15) is 9.59 Å². The maximum atomic E-state index is 10.6. The molecule has 118 valence electrons. The number of rotatable bonds is 7. The molecule has 0 atom stereocenters. The Hall–Kier alpha value is -1.66. The zero-order valence-corrected chi connectivity index (χ0v) is 12.9. The van der Waals surface area contributed by atoms with Crippen molar-refractivity contribution in [3.8, 4) is 0 Å². The minimum atomic E-state index is -1.06. The number of nitrogens with two attached hydrogens (primary N) is 1. The van der Waals surface area contributed by atoms with E-state index in [4.69, 9.17) is 22.6 Å². The van der Waals surface area contributed by atoms with Gasteiger partial charge in [0.1, 0.15) is 5.15 Å². The summed E-state index contributed by atoms with van der Waals surface area (Å²) < 4.78 is 0. The Labute approximate surface area is 129 Å². The van der Waals surface area contributed by atoms with Crippen LogP contribution in [-0.4, -0.2) is 22.0 Å². The number of amides is 1. The maximum absolute atomic E-state index is 10.6. The number of unbranched alkanes of at least 4 members (excludes halogenated alkanes) is 4. The van der Waals surface area contributed by atoms with Gasteiger partial charge in [-0.25, -0.2) is 15.6 Å². The first-order valence-corrected chi connectivity index (χ1v) is 7.24. The quantitative estimate of drug-likeness (QED) is 0.236. The SMILES string of the molecule is CCCCCCCC(=O)NN.O=C(O)c1cccnc1Cl. The lowest BCUT2D eigenvalue weighted by Crippen LogP contribution is -2.29. The smallest absolute Gasteiger partial charge is 0.338 e. The highest BCUT2D eigenvalue weighted by atomic mass is 35.5. The summed E-state index contributed by atoms with van der Waals surface area (Å²) in [4.78, 5) is 24.5. The van der Waals surface area contributed by atoms with Crippen molar-refractivity contribution in [3.05, 3.63) is 29.0 Å². The Bertz CT molecular complexity index is 441. The number of halogens is 1. The number of nitrogens with zero attached hydrogens (tertiary/aromatic N) is 1. The molecule has 4 N–H and O–H groups in total. The van der Waals surface area contributed by atoms with Gasteiger partial charge >= 0.3 is 5.97 Å². The van der Waals surface area contributed by atoms with Gasteiger partial charge in [0, 0.05) is 12.6 Å². The minimum absolute atomic E-state index is 0.0231. The fourth-order valence-corrected chi connectivity index (χ4v) is 1.71. The molecular formula is C14H22ClN3O3. The topological polar surface area (TPSA) is 105 Å². The van der Waals surface area contributed by atoms with E-state index in [2.05, 4.69) is 17.3 Å². The number of pyridine rings is 1. The number of aromatic nitrogens is 1. The third kappa shape index (κ3) is 9.81. The molecule has 0 aliphatic rings. The minimum Gasteiger partial charge on any atom is -0.478 e. The van der Waals surface area contributed by atoms with Crippen LogP contribution >= 0.6 is 11.6 Å². The second-order valence-corrected chi connectivity index (χ2v) is 4.74. The fraction of sp³-hybridized carbons (Fsp3) is 0.500. The number of carboxylic acid groups (broad SMARTS) is 1. The molecule has 0 aliphatic carbocycles. The molecule has 0 aromatic carbocycles. The van der Waals surface area contributed by atoms with Crippen molar-refractivity contribution in [3.63, 3.8) is 0 Å². The zero-order valence-electron chi connectivity index (χ0n) is 12.1. The standard InChI is InChI=1S/C8H18N2O.C6H4ClNO2/c1-2-3-4-5-6-7-8(11)10-9;7-5-4(6(9)10)2-1-3-8-5/h2-7,9H2,1H3,(H,10,11);1-3H,(H,9,10). The van der Waals surface area contributed by atoms with E-state index in [-0.39, 0.29) is 16.6 Å². The average molecular weight is 316 g/mol. The van der Waals surface area contributed by atoms with Gasteiger partial charge in [-0.05, 0) is 18.6 Å². The Morgan fingerprint density at radius 3 is 2.48 bits per heavy atom. The van der Waals surface area contributed by atoms with Crippen molar-refractivity contribution in [2.24, 2.45) is 5.84 Å². The maximum Gasteiger partial charge on any atom is 0.338 e. The lowest BCUT2D eigenvalue weighted by atomic mass is 10.1. The van der Waals surface area contributed by atoms with Gasteiger partial charge < -0.3 is 5.11 Å². The number of hydrogen-bond acceptors (Lipinski definition) is 4. The summed E-state index contributed by atoms with van der Waals surface area (Å²) >= 11 is 5.43. The second-order valence-electron chi connectivity index (χ2n) is 4.38. The van der Waals surface area contributed by atoms with Gasteiger partial charge in [0.15, 0.2) is 0 Å². The summed E-state index contributed by atoms with van der Waals surface area (Å²) in [6.45, 7) is 2.17. The van der Waals surface area contributed by atoms with Crippen LogP contribution in [0.5, 0.6) is 0 Å². The molecule has 0 bridgehead atoms. The Morgan fingerprint density at radius 2 is 2.00 bits per heavy atom. The molecule has 7 heteroatoms. The summed E-state index contributed by atoms with van der Waals surface area (Å²) in [5.41, 5.74) is 2.15. The molecule has 6 nitrogen and oxygen atoms in total. The van der Waals surface area contributed by atoms with Crippen molar-refractivity contribution in [1.29, 1.82) is 0 Å². The van der Waals surface area contributed by atoms with Gasteiger partial charge in [-0.3, -0.25) is 10.2 Å². The van der Waals surface area contributed by atoms with Crippen molar-refractivity contribution >= 4 is 23.5 Å². The first kappa shape index (κ1) is 19.3. The van der Waals surface area contributed by atoms with E-state index in [0.29, 0.717) is 6.42 Å². The van der Waals surface area contributed by atoms with Crippen LogP contribution in [-0.2, 0) is 4.79 Å². The Morgan fingerprint density at radius 1 is 1.33 bits per heavy atom. The molecule has 0 saturated heterocycles. The summed E-state index contributed by atoms with van der Waals surface area (Å²) in [5.74, 6) is 3.80. The number of hydrogen-bond donors (Lipinski definition) is 3. The molecule has 0 spiro atoms. The van der Waals surface area contributed by atoms with Crippen LogP contribution in [0.3, 0.4) is 0 Å². The van der Waals surface area contributed by atoms with Crippen LogP contribution in [0.2, 0.25) is 5.15 Å². The largest absolute Gasteiger partial charge is 0.478 e.